The fraction of sp³-hybridized carbons (Fsp3) is 0.409. The lowest BCUT2D eigenvalue weighted by atomic mass is 9.84. The quantitative estimate of drug-likeness (QED) is 0.788. The Kier molecular flexibility index (Phi) is 4.98. The maximum Gasteiger partial charge on any atom is 0.243 e. The van der Waals surface area contributed by atoms with Gasteiger partial charge in [-0.3, -0.25) is 9.59 Å². The Morgan fingerprint density at radius 2 is 2.07 bits per heavy atom. The van der Waals surface area contributed by atoms with Gasteiger partial charge in [0.05, 0.1) is 11.7 Å². The molecule has 2 fully saturated rings. The van der Waals surface area contributed by atoms with Crippen LogP contribution in [0.2, 0.25) is 0 Å². The molecule has 1 aliphatic carbocycles. The molecule has 0 radical (unpaired) electrons. The highest BCUT2D eigenvalue weighted by Gasteiger charge is 2.56. The van der Waals surface area contributed by atoms with E-state index in [-0.39, 0.29) is 29.6 Å². The SMILES string of the molecule is C=CC(=O)N[C@H]1CN(C(=O)C2(c3cc(C)no3)CC2)CC[C@@H]1c1ccc(F)cc1. The Morgan fingerprint density at radius 3 is 2.66 bits per heavy atom. The van der Waals surface area contributed by atoms with Crippen molar-refractivity contribution in [3.05, 3.63) is 65.8 Å². The highest BCUT2D eigenvalue weighted by Crippen LogP contribution is 2.50. The van der Waals surface area contributed by atoms with Crippen LogP contribution in [-0.4, -0.2) is 41.0 Å². The largest absolute Gasteiger partial charge is 0.360 e. The van der Waals surface area contributed by atoms with Crippen LogP contribution in [0.4, 0.5) is 4.39 Å². The van der Waals surface area contributed by atoms with Gasteiger partial charge in [0.25, 0.3) is 0 Å². The molecule has 4 rings (SSSR count). The van der Waals surface area contributed by atoms with E-state index < -0.39 is 5.41 Å². The zero-order chi connectivity index (χ0) is 20.6. The molecule has 0 spiro atoms. The molecular formula is C22H24FN3O3. The summed E-state index contributed by atoms with van der Waals surface area (Å²) in [6.45, 7) is 6.31. The Hall–Kier alpha value is -2.96. The van der Waals surface area contributed by atoms with Crippen LogP contribution in [0.15, 0.2) is 47.5 Å². The van der Waals surface area contributed by atoms with E-state index >= 15 is 0 Å². The van der Waals surface area contributed by atoms with Gasteiger partial charge >= 0.3 is 0 Å². The molecule has 2 aromatic rings. The summed E-state index contributed by atoms with van der Waals surface area (Å²) in [5, 5.41) is 6.88. The lowest BCUT2D eigenvalue weighted by Gasteiger charge is -2.40. The number of hydrogen-bond acceptors (Lipinski definition) is 4. The second-order valence-corrected chi connectivity index (χ2v) is 7.93. The zero-order valence-corrected chi connectivity index (χ0v) is 16.4. The Morgan fingerprint density at radius 1 is 1.34 bits per heavy atom. The molecule has 1 saturated heterocycles. The van der Waals surface area contributed by atoms with Crippen LogP contribution < -0.4 is 5.32 Å². The summed E-state index contributed by atoms with van der Waals surface area (Å²) in [5.41, 5.74) is 1.07. The van der Waals surface area contributed by atoms with E-state index in [0.717, 1.165) is 24.1 Å². The normalized spacial score (nSPS) is 22.8. The van der Waals surface area contributed by atoms with E-state index in [1.807, 2.05) is 13.0 Å². The molecule has 7 heteroatoms. The molecule has 1 aliphatic heterocycles. The maximum absolute atomic E-state index is 13.3. The first kappa shape index (κ1) is 19.4. The second kappa shape index (κ2) is 7.46. The molecule has 0 bridgehead atoms. The summed E-state index contributed by atoms with van der Waals surface area (Å²) < 4.78 is 18.7. The topological polar surface area (TPSA) is 75.4 Å². The van der Waals surface area contributed by atoms with Crippen LogP contribution >= 0.6 is 0 Å². The average molecular weight is 397 g/mol. The van der Waals surface area contributed by atoms with Crippen molar-refractivity contribution in [1.82, 2.24) is 15.4 Å². The van der Waals surface area contributed by atoms with Crippen LogP contribution in [-0.2, 0) is 15.0 Å². The molecule has 152 valence electrons. The minimum absolute atomic E-state index is 0.00812. The Bertz CT molecular complexity index is 933. The van der Waals surface area contributed by atoms with Crippen molar-refractivity contribution in [3.63, 3.8) is 0 Å². The lowest BCUT2D eigenvalue weighted by molar-refractivity contribution is -0.136. The number of aryl methyl sites for hydroxylation is 1. The number of piperidine rings is 1. The highest BCUT2D eigenvalue weighted by atomic mass is 19.1. The predicted molar refractivity (Wildman–Crippen MR) is 105 cm³/mol. The predicted octanol–water partition coefficient (Wildman–Crippen LogP) is 2.84. The monoisotopic (exact) mass is 397 g/mol. The number of carbonyl (C=O) groups excluding carboxylic acids is 2. The molecule has 2 heterocycles. The smallest absolute Gasteiger partial charge is 0.243 e. The number of likely N-dealkylation sites (tertiary alicyclic amines) is 1. The maximum atomic E-state index is 13.3. The Labute approximate surface area is 168 Å². The van der Waals surface area contributed by atoms with Crippen molar-refractivity contribution in [2.45, 2.75) is 43.6 Å². The molecule has 1 aromatic carbocycles. The van der Waals surface area contributed by atoms with Crippen LogP contribution in [0.1, 0.15) is 42.2 Å². The average Bonchev–Trinajstić information content (AvgIpc) is 3.42. The molecule has 29 heavy (non-hydrogen) atoms. The summed E-state index contributed by atoms with van der Waals surface area (Å²) in [6, 6.07) is 7.87. The number of rotatable bonds is 5. The van der Waals surface area contributed by atoms with Crippen molar-refractivity contribution < 1.29 is 18.5 Å². The lowest BCUT2D eigenvalue weighted by Crippen LogP contribution is -2.54. The van der Waals surface area contributed by atoms with Gasteiger partial charge in [0.1, 0.15) is 11.2 Å². The van der Waals surface area contributed by atoms with Crippen molar-refractivity contribution in [3.8, 4) is 0 Å². The van der Waals surface area contributed by atoms with Gasteiger partial charge in [-0.15, -0.1) is 0 Å². The van der Waals surface area contributed by atoms with Crippen molar-refractivity contribution in [2.24, 2.45) is 0 Å². The molecule has 6 nitrogen and oxygen atoms in total. The number of nitrogens with zero attached hydrogens (tertiary/aromatic N) is 2. The second-order valence-electron chi connectivity index (χ2n) is 7.93. The van der Waals surface area contributed by atoms with Crippen LogP contribution in [0.5, 0.6) is 0 Å². The minimum atomic E-state index is -0.628. The standard InChI is InChI=1S/C22H24FN3O3/c1-3-20(27)24-18-13-26(11-8-17(18)15-4-6-16(23)7-5-15)21(28)22(9-10-22)19-12-14(2)25-29-19/h3-7,12,17-18H,1,8-11,13H2,2H3,(H,24,27)/t17-,18+/m1/s1. The molecule has 1 saturated carbocycles. The summed E-state index contributed by atoms with van der Waals surface area (Å²) in [4.78, 5) is 27.1. The van der Waals surface area contributed by atoms with E-state index in [1.54, 1.807) is 17.0 Å². The first-order chi connectivity index (χ1) is 13.9. The van der Waals surface area contributed by atoms with E-state index in [9.17, 15) is 14.0 Å². The molecule has 1 aromatic heterocycles. The molecule has 1 N–H and O–H groups in total. The van der Waals surface area contributed by atoms with E-state index in [1.165, 1.54) is 18.2 Å². The molecule has 2 atom stereocenters. The van der Waals surface area contributed by atoms with Gasteiger partial charge in [0.2, 0.25) is 11.8 Å². The number of carbonyl (C=O) groups is 2. The fourth-order valence-electron chi connectivity index (χ4n) is 4.22. The number of aromatic nitrogens is 1. The van der Waals surface area contributed by atoms with Gasteiger partial charge in [-0.1, -0.05) is 23.9 Å². The van der Waals surface area contributed by atoms with E-state index in [0.29, 0.717) is 25.3 Å². The summed E-state index contributed by atoms with van der Waals surface area (Å²) >= 11 is 0. The third-order valence-corrected chi connectivity index (χ3v) is 5.97. The van der Waals surface area contributed by atoms with E-state index in [2.05, 4.69) is 17.1 Å². The molecular weight excluding hydrogens is 373 g/mol. The number of amides is 2. The van der Waals surface area contributed by atoms with Gasteiger partial charge < -0.3 is 14.7 Å². The van der Waals surface area contributed by atoms with Gasteiger partial charge in [-0.2, -0.15) is 0 Å². The first-order valence-corrected chi connectivity index (χ1v) is 9.84. The molecule has 0 unspecified atom stereocenters. The van der Waals surface area contributed by atoms with Crippen LogP contribution in [0.25, 0.3) is 0 Å². The number of hydrogen-bond donors (Lipinski definition) is 1. The summed E-state index contributed by atoms with van der Waals surface area (Å²) in [6.07, 6.45) is 3.37. The fourth-order valence-corrected chi connectivity index (χ4v) is 4.22. The Balaban J connectivity index is 1.55. The summed E-state index contributed by atoms with van der Waals surface area (Å²) in [7, 11) is 0. The van der Waals surface area contributed by atoms with Crippen LogP contribution in [0, 0.1) is 12.7 Å². The third-order valence-electron chi connectivity index (χ3n) is 5.97. The zero-order valence-electron chi connectivity index (χ0n) is 16.4. The van der Waals surface area contributed by atoms with E-state index in [4.69, 9.17) is 4.52 Å². The van der Waals surface area contributed by atoms with Gasteiger partial charge in [-0.25, -0.2) is 4.39 Å². The van der Waals surface area contributed by atoms with Crippen molar-refractivity contribution >= 4 is 11.8 Å². The molecule has 2 aliphatic rings. The van der Waals surface area contributed by atoms with Gasteiger partial charge in [0, 0.05) is 25.1 Å². The number of benzene rings is 1. The van der Waals surface area contributed by atoms with Gasteiger partial charge in [-0.05, 0) is 50.0 Å². The minimum Gasteiger partial charge on any atom is -0.360 e. The van der Waals surface area contributed by atoms with Gasteiger partial charge in [0.15, 0.2) is 5.76 Å². The number of halogens is 1. The number of nitrogens with one attached hydrogen (secondary N) is 1. The first-order valence-electron chi connectivity index (χ1n) is 9.84. The third kappa shape index (κ3) is 3.69. The molecule has 2 amide bonds. The van der Waals surface area contributed by atoms with Crippen LogP contribution in [0.3, 0.4) is 0 Å². The highest BCUT2D eigenvalue weighted by molar-refractivity contribution is 5.91. The van der Waals surface area contributed by atoms with Crippen molar-refractivity contribution in [1.29, 1.82) is 0 Å². The summed E-state index contributed by atoms with van der Waals surface area (Å²) in [5.74, 6) is 0.0390. The van der Waals surface area contributed by atoms with Crippen molar-refractivity contribution in [2.75, 3.05) is 13.1 Å².